The second-order valence-electron chi connectivity index (χ2n) is 5.53. The first-order valence-corrected chi connectivity index (χ1v) is 8.28. The molecule has 138 valence electrons. The highest BCUT2D eigenvalue weighted by molar-refractivity contribution is 6.42. The Morgan fingerprint density at radius 2 is 1.81 bits per heavy atom. The van der Waals surface area contributed by atoms with Crippen LogP contribution in [0.25, 0.3) is 11.0 Å². The summed E-state index contributed by atoms with van der Waals surface area (Å²) in [4.78, 5) is 4.02. The molecule has 0 aliphatic heterocycles. The van der Waals surface area contributed by atoms with Crippen molar-refractivity contribution < 1.29 is 22.3 Å². The van der Waals surface area contributed by atoms with Crippen LogP contribution in [0.15, 0.2) is 36.4 Å². The number of hydrogen-bond acceptors (Lipinski definition) is 2. The van der Waals surface area contributed by atoms with E-state index in [0.717, 1.165) is 0 Å². The summed E-state index contributed by atoms with van der Waals surface area (Å²) in [6.45, 7) is 0.108. The zero-order valence-corrected chi connectivity index (χ0v) is 14.7. The molecule has 0 saturated heterocycles. The Balaban J connectivity index is 1.88. The van der Waals surface area contributed by atoms with Crippen molar-refractivity contribution in [1.82, 2.24) is 9.55 Å². The highest BCUT2D eigenvalue weighted by atomic mass is 35.5. The smallest absolute Gasteiger partial charge is 0.396 e. The zero-order valence-electron chi connectivity index (χ0n) is 13.2. The summed E-state index contributed by atoms with van der Waals surface area (Å²) in [5, 5.41) is 0.420. The van der Waals surface area contributed by atoms with Crippen molar-refractivity contribution in [2.45, 2.75) is 19.1 Å². The molecule has 0 N–H and O–H groups in total. The predicted molar refractivity (Wildman–Crippen MR) is 91.4 cm³/mol. The lowest BCUT2D eigenvalue weighted by Gasteiger charge is -2.12. The predicted octanol–water partition coefficient (Wildman–Crippen LogP) is 5.67. The van der Waals surface area contributed by atoms with Gasteiger partial charge in [-0.15, -0.1) is 0 Å². The number of benzene rings is 2. The third-order valence-electron chi connectivity index (χ3n) is 3.61. The summed E-state index contributed by atoms with van der Waals surface area (Å²) in [7, 11) is 0. The minimum absolute atomic E-state index is 0.0278. The zero-order chi connectivity index (χ0) is 18.9. The van der Waals surface area contributed by atoms with E-state index in [0.29, 0.717) is 11.0 Å². The molecule has 0 unspecified atom stereocenters. The summed E-state index contributed by atoms with van der Waals surface area (Å²) in [6.07, 6.45) is -5.62. The fourth-order valence-corrected chi connectivity index (χ4v) is 2.86. The van der Waals surface area contributed by atoms with Gasteiger partial charge in [0.2, 0.25) is 0 Å². The molecule has 0 saturated carbocycles. The molecule has 0 aliphatic rings. The fourth-order valence-electron chi connectivity index (χ4n) is 2.55. The van der Waals surface area contributed by atoms with Gasteiger partial charge in [-0.2, -0.15) is 13.2 Å². The van der Waals surface area contributed by atoms with Crippen LogP contribution < -0.4 is 4.74 Å². The number of nitrogens with zero attached hydrogens (tertiary/aromatic N) is 2. The molecule has 0 atom stereocenters. The van der Waals surface area contributed by atoms with E-state index in [9.17, 15) is 17.6 Å². The van der Waals surface area contributed by atoms with Crippen LogP contribution in [0.2, 0.25) is 10.0 Å². The number of aromatic nitrogens is 2. The number of ether oxygens (including phenoxy) is 1. The second kappa shape index (κ2) is 7.32. The molecule has 0 radical (unpaired) electrons. The Labute approximate surface area is 156 Å². The molecular formula is C17H12Cl2F4N2O. The number of rotatable bonds is 5. The van der Waals surface area contributed by atoms with Gasteiger partial charge < -0.3 is 9.30 Å². The molecule has 9 heteroatoms. The van der Waals surface area contributed by atoms with Crippen molar-refractivity contribution in [3.8, 4) is 5.75 Å². The van der Waals surface area contributed by atoms with Crippen molar-refractivity contribution in [1.29, 1.82) is 0 Å². The topological polar surface area (TPSA) is 27.1 Å². The van der Waals surface area contributed by atoms with E-state index < -0.39 is 18.4 Å². The van der Waals surface area contributed by atoms with E-state index in [1.807, 2.05) is 0 Å². The molecule has 1 aromatic heterocycles. The van der Waals surface area contributed by atoms with Gasteiger partial charge in [-0.3, -0.25) is 0 Å². The van der Waals surface area contributed by atoms with Gasteiger partial charge in [0.1, 0.15) is 30.4 Å². The number of alkyl halides is 3. The lowest BCUT2D eigenvalue weighted by molar-refractivity contribution is -0.128. The Morgan fingerprint density at radius 3 is 2.50 bits per heavy atom. The van der Waals surface area contributed by atoms with Gasteiger partial charge in [-0.1, -0.05) is 29.3 Å². The van der Waals surface area contributed by atoms with Gasteiger partial charge in [-0.25, -0.2) is 9.37 Å². The molecule has 0 fully saturated rings. The lowest BCUT2D eigenvalue weighted by Crippen LogP contribution is -2.18. The lowest BCUT2D eigenvalue weighted by atomic mass is 10.3. The van der Waals surface area contributed by atoms with E-state index in [1.54, 1.807) is 6.07 Å². The molecule has 0 amide bonds. The highest BCUT2D eigenvalue weighted by Crippen LogP contribution is 2.30. The quantitative estimate of drug-likeness (QED) is 0.510. The van der Waals surface area contributed by atoms with Crippen LogP contribution in [0.4, 0.5) is 17.6 Å². The molecule has 26 heavy (non-hydrogen) atoms. The van der Waals surface area contributed by atoms with Crippen LogP contribution in [-0.4, -0.2) is 22.3 Å². The molecule has 1 heterocycles. The van der Waals surface area contributed by atoms with E-state index in [1.165, 1.54) is 34.9 Å². The average molecular weight is 407 g/mol. The normalized spacial score (nSPS) is 11.9. The van der Waals surface area contributed by atoms with Crippen molar-refractivity contribution in [2.75, 3.05) is 6.61 Å². The Morgan fingerprint density at radius 1 is 1.08 bits per heavy atom. The number of imidazole rings is 1. The van der Waals surface area contributed by atoms with Gasteiger partial charge in [0.05, 0.1) is 27.6 Å². The molecule has 0 bridgehead atoms. The van der Waals surface area contributed by atoms with Crippen LogP contribution in [0.5, 0.6) is 5.75 Å². The summed E-state index contributed by atoms with van der Waals surface area (Å²) in [5.74, 6) is -0.351. The van der Waals surface area contributed by atoms with Gasteiger partial charge in [0, 0.05) is 6.07 Å². The van der Waals surface area contributed by atoms with Gasteiger partial charge in [0.25, 0.3) is 0 Å². The third-order valence-corrected chi connectivity index (χ3v) is 4.33. The number of hydrogen-bond donors (Lipinski definition) is 0. The standard InChI is InChI=1S/C17H12Cl2F4N2O/c18-12-7-14-15(8-13(12)19)25(16(24-14)9-17(21,22)23)4-5-26-11-3-1-2-10(20)6-11/h1-3,6-8H,4-5,9H2. The molecule has 0 aliphatic carbocycles. The van der Waals surface area contributed by atoms with E-state index in [4.69, 9.17) is 27.9 Å². The van der Waals surface area contributed by atoms with Gasteiger partial charge >= 0.3 is 6.18 Å². The molecule has 2 aromatic carbocycles. The molecule has 0 spiro atoms. The van der Waals surface area contributed by atoms with E-state index >= 15 is 0 Å². The molecule has 3 nitrogen and oxygen atoms in total. The maximum atomic E-state index is 13.2. The largest absolute Gasteiger partial charge is 0.492 e. The van der Waals surface area contributed by atoms with Crippen LogP contribution in [0.1, 0.15) is 5.82 Å². The van der Waals surface area contributed by atoms with Crippen molar-refractivity contribution in [2.24, 2.45) is 0 Å². The van der Waals surface area contributed by atoms with E-state index in [-0.39, 0.29) is 34.8 Å². The van der Waals surface area contributed by atoms with Gasteiger partial charge in [-0.05, 0) is 24.3 Å². The number of fused-ring (bicyclic) bond motifs is 1. The highest BCUT2D eigenvalue weighted by Gasteiger charge is 2.31. The van der Waals surface area contributed by atoms with Crippen LogP contribution in [0.3, 0.4) is 0 Å². The maximum absolute atomic E-state index is 13.2. The first kappa shape index (κ1) is 18.8. The van der Waals surface area contributed by atoms with Crippen molar-refractivity contribution in [3.05, 3.63) is 58.1 Å². The Hall–Kier alpha value is -1.99. The van der Waals surface area contributed by atoms with Crippen molar-refractivity contribution in [3.63, 3.8) is 0 Å². The summed E-state index contributed by atoms with van der Waals surface area (Å²) in [6, 6.07) is 8.39. The molecule has 3 rings (SSSR count). The van der Waals surface area contributed by atoms with Crippen LogP contribution in [-0.2, 0) is 13.0 Å². The second-order valence-corrected chi connectivity index (χ2v) is 6.35. The fraction of sp³-hybridized carbons (Fsp3) is 0.235. The Bertz CT molecular complexity index is 940. The minimum Gasteiger partial charge on any atom is -0.492 e. The Kier molecular flexibility index (Phi) is 5.29. The van der Waals surface area contributed by atoms with Gasteiger partial charge in [0.15, 0.2) is 0 Å². The summed E-state index contributed by atoms with van der Waals surface area (Å²) >= 11 is 11.9. The summed E-state index contributed by atoms with van der Waals surface area (Å²) in [5.41, 5.74) is 0.728. The first-order chi connectivity index (χ1) is 12.2. The number of halogens is 6. The minimum atomic E-state index is -4.42. The monoisotopic (exact) mass is 406 g/mol. The van der Waals surface area contributed by atoms with E-state index in [2.05, 4.69) is 4.98 Å². The molecular weight excluding hydrogens is 395 g/mol. The first-order valence-electron chi connectivity index (χ1n) is 7.52. The SMILES string of the molecule is Fc1cccc(OCCn2c(CC(F)(F)F)nc3cc(Cl)c(Cl)cc32)c1. The maximum Gasteiger partial charge on any atom is 0.396 e. The summed E-state index contributed by atoms with van der Waals surface area (Å²) < 4.78 is 58.5. The average Bonchev–Trinajstić information content (AvgIpc) is 2.83. The van der Waals surface area contributed by atoms with Crippen molar-refractivity contribution >= 4 is 34.2 Å². The van der Waals surface area contributed by atoms with Crippen LogP contribution in [0, 0.1) is 5.82 Å². The molecule has 3 aromatic rings. The van der Waals surface area contributed by atoms with Crippen LogP contribution >= 0.6 is 23.2 Å². The third kappa shape index (κ3) is 4.40.